The summed E-state index contributed by atoms with van der Waals surface area (Å²) < 4.78 is 18.8. The number of rotatable bonds is 5. The van der Waals surface area contributed by atoms with Crippen LogP contribution in [-0.2, 0) is 23.1 Å². The molecule has 0 saturated carbocycles. The van der Waals surface area contributed by atoms with Crippen molar-refractivity contribution in [3.8, 4) is 0 Å². The second kappa shape index (κ2) is 7.63. The van der Waals surface area contributed by atoms with E-state index in [4.69, 9.17) is 13.9 Å². The van der Waals surface area contributed by atoms with Gasteiger partial charge in [-0.2, -0.15) is 0 Å². The van der Waals surface area contributed by atoms with Crippen LogP contribution in [0.1, 0.15) is 40.7 Å². The topological polar surface area (TPSA) is 69.7 Å². The Bertz CT molecular complexity index is 734. The van der Waals surface area contributed by atoms with Crippen LogP contribution in [0.4, 0.5) is 0 Å². The van der Waals surface area contributed by atoms with E-state index in [1.165, 1.54) is 12.0 Å². The summed E-state index contributed by atoms with van der Waals surface area (Å²) in [5.74, 6) is 0.955. The highest BCUT2D eigenvalue weighted by atomic mass is 16.5. The molecule has 4 heterocycles. The molecule has 1 saturated heterocycles. The van der Waals surface area contributed by atoms with Gasteiger partial charge >= 0.3 is 0 Å². The molecule has 0 unspecified atom stereocenters. The predicted octanol–water partition coefficient (Wildman–Crippen LogP) is 2.20. The van der Waals surface area contributed by atoms with E-state index < -0.39 is 0 Å². The van der Waals surface area contributed by atoms with Crippen molar-refractivity contribution >= 4 is 5.91 Å². The van der Waals surface area contributed by atoms with Crippen molar-refractivity contribution in [1.29, 1.82) is 0 Å². The molecule has 0 N–H and O–H groups in total. The Labute approximate surface area is 152 Å². The van der Waals surface area contributed by atoms with E-state index in [2.05, 4.69) is 4.98 Å². The summed E-state index contributed by atoms with van der Waals surface area (Å²) in [6.45, 7) is 4.11. The number of hydrogen-bond donors (Lipinski definition) is 0. The van der Waals surface area contributed by atoms with Gasteiger partial charge in [0.25, 0.3) is 5.91 Å². The van der Waals surface area contributed by atoms with Crippen molar-refractivity contribution in [2.75, 3.05) is 33.0 Å². The lowest BCUT2D eigenvalue weighted by molar-refractivity contribution is 0.0129. The smallest absolute Gasteiger partial charge is 0.289 e. The average Bonchev–Trinajstić information content (AvgIpc) is 3.32. The van der Waals surface area contributed by atoms with Crippen LogP contribution in [0.2, 0.25) is 0 Å². The third-order valence-electron chi connectivity index (χ3n) is 5.26. The van der Waals surface area contributed by atoms with Gasteiger partial charge in [0.15, 0.2) is 5.76 Å². The average molecular weight is 359 g/mol. The number of amides is 1. The van der Waals surface area contributed by atoms with Gasteiger partial charge in [-0.1, -0.05) is 0 Å². The SMILES string of the molecule is Cn1cnc2c1[C@@H](COCC1CCOCC1)CN(C(=O)c1ccco1)C2. The maximum Gasteiger partial charge on any atom is 0.289 e. The Balaban J connectivity index is 1.43. The Kier molecular flexibility index (Phi) is 5.08. The van der Waals surface area contributed by atoms with Crippen LogP contribution >= 0.6 is 0 Å². The normalized spacial score (nSPS) is 21.0. The molecular weight excluding hydrogens is 334 g/mol. The number of imidazole rings is 1. The molecule has 2 aromatic rings. The van der Waals surface area contributed by atoms with Gasteiger partial charge in [-0.3, -0.25) is 4.79 Å². The number of aromatic nitrogens is 2. The molecule has 4 rings (SSSR count). The maximum atomic E-state index is 12.7. The Morgan fingerprint density at radius 1 is 1.35 bits per heavy atom. The highest BCUT2D eigenvalue weighted by molar-refractivity contribution is 5.91. The molecule has 26 heavy (non-hydrogen) atoms. The van der Waals surface area contributed by atoms with Gasteiger partial charge in [-0.05, 0) is 30.9 Å². The zero-order chi connectivity index (χ0) is 17.9. The third kappa shape index (κ3) is 3.54. The van der Waals surface area contributed by atoms with Gasteiger partial charge in [0.2, 0.25) is 0 Å². The molecule has 0 aliphatic carbocycles. The number of ether oxygens (including phenoxy) is 2. The van der Waals surface area contributed by atoms with E-state index in [0.717, 1.165) is 38.4 Å². The largest absolute Gasteiger partial charge is 0.459 e. The summed E-state index contributed by atoms with van der Waals surface area (Å²) in [4.78, 5) is 19.0. The molecule has 1 atom stereocenters. The van der Waals surface area contributed by atoms with Crippen LogP contribution in [0, 0.1) is 5.92 Å². The lowest BCUT2D eigenvalue weighted by Gasteiger charge is -2.32. The standard InChI is InChI=1S/C19H25N3O4/c1-21-13-20-16-10-22(19(23)17-3-2-6-26-17)9-15(18(16)21)12-25-11-14-4-7-24-8-5-14/h2-3,6,13-15H,4-5,7-12H2,1H3/t15-/m1/s1. The Morgan fingerprint density at radius 2 is 2.19 bits per heavy atom. The fourth-order valence-corrected chi connectivity index (χ4v) is 3.86. The Hall–Kier alpha value is -2.12. The van der Waals surface area contributed by atoms with Crippen LogP contribution in [0.15, 0.2) is 29.1 Å². The first-order chi connectivity index (χ1) is 12.7. The fraction of sp³-hybridized carbons (Fsp3) is 0.579. The number of nitrogens with zero attached hydrogens (tertiary/aromatic N) is 3. The molecule has 2 aliphatic rings. The minimum Gasteiger partial charge on any atom is -0.459 e. The van der Waals surface area contributed by atoms with Crippen LogP contribution < -0.4 is 0 Å². The molecule has 7 nitrogen and oxygen atoms in total. The van der Waals surface area contributed by atoms with Crippen molar-refractivity contribution in [3.05, 3.63) is 41.9 Å². The highest BCUT2D eigenvalue weighted by Crippen LogP contribution is 2.29. The molecule has 7 heteroatoms. The van der Waals surface area contributed by atoms with Crippen molar-refractivity contribution in [2.24, 2.45) is 13.0 Å². The van der Waals surface area contributed by atoms with Gasteiger partial charge in [0.1, 0.15) is 0 Å². The summed E-state index contributed by atoms with van der Waals surface area (Å²) in [6.07, 6.45) is 5.46. The summed E-state index contributed by atoms with van der Waals surface area (Å²) in [5, 5.41) is 0. The van der Waals surface area contributed by atoms with Crippen molar-refractivity contribution in [3.63, 3.8) is 0 Å². The van der Waals surface area contributed by atoms with Crippen LogP contribution in [0.25, 0.3) is 0 Å². The quantitative estimate of drug-likeness (QED) is 0.818. The molecule has 1 amide bonds. The highest BCUT2D eigenvalue weighted by Gasteiger charge is 2.33. The van der Waals surface area contributed by atoms with E-state index in [0.29, 0.717) is 31.4 Å². The zero-order valence-electron chi connectivity index (χ0n) is 15.1. The molecule has 140 valence electrons. The lowest BCUT2D eigenvalue weighted by Crippen LogP contribution is -2.40. The first kappa shape index (κ1) is 17.3. The third-order valence-corrected chi connectivity index (χ3v) is 5.26. The molecule has 0 radical (unpaired) electrons. The monoisotopic (exact) mass is 359 g/mol. The second-order valence-corrected chi connectivity index (χ2v) is 7.14. The lowest BCUT2D eigenvalue weighted by atomic mass is 9.98. The maximum absolute atomic E-state index is 12.7. The molecule has 2 aliphatic heterocycles. The molecule has 2 aromatic heterocycles. The van der Waals surface area contributed by atoms with Crippen LogP contribution in [0.5, 0.6) is 0 Å². The number of carbonyl (C=O) groups excluding carboxylic acids is 1. The summed E-state index contributed by atoms with van der Waals surface area (Å²) >= 11 is 0. The van der Waals surface area contributed by atoms with Gasteiger partial charge in [0.05, 0.1) is 31.4 Å². The first-order valence-electron chi connectivity index (χ1n) is 9.20. The van der Waals surface area contributed by atoms with Crippen LogP contribution in [0.3, 0.4) is 0 Å². The molecule has 0 bridgehead atoms. The van der Waals surface area contributed by atoms with Gasteiger partial charge in [-0.15, -0.1) is 0 Å². The van der Waals surface area contributed by atoms with E-state index in [-0.39, 0.29) is 11.8 Å². The van der Waals surface area contributed by atoms with Crippen molar-refractivity contribution in [2.45, 2.75) is 25.3 Å². The van der Waals surface area contributed by atoms with Gasteiger partial charge in [-0.25, -0.2) is 4.98 Å². The van der Waals surface area contributed by atoms with Gasteiger partial charge in [0, 0.05) is 45.0 Å². The number of hydrogen-bond acceptors (Lipinski definition) is 5. The summed E-state index contributed by atoms with van der Waals surface area (Å²) in [5.41, 5.74) is 2.11. The zero-order valence-corrected chi connectivity index (χ0v) is 15.1. The number of aryl methyl sites for hydroxylation is 1. The molecule has 0 aromatic carbocycles. The predicted molar refractivity (Wildman–Crippen MR) is 93.8 cm³/mol. The van der Waals surface area contributed by atoms with E-state index in [9.17, 15) is 4.79 Å². The van der Waals surface area contributed by atoms with Crippen LogP contribution in [-0.4, -0.2) is 53.3 Å². The number of fused-ring (bicyclic) bond motifs is 1. The first-order valence-corrected chi connectivity index (χ1v) is 9.20. The van der Waals surface area contributed by atoms with Gasteiger partial charge < -0.3 is 23.4 Å². The number of furan rings is 1. The Morgan fingerprint density at radius 3 is 2.96 bits per heavy atom. The minimum absolute atomic E-state index is 0.0965. The summed E-state index contributed by atoms with van der Waals surface area (Å²) in [6, 6.07) is 3.44. The molecule has 1 fully saturated rings. The fourth-order valence-electron chi connectivity index (χ4n) is 3.86. The van der Waals surface area contributed by atoms with Crippen molar-refractivity contribution in [1.82, 2.24) is 14.5 Å². The van der Waals surface area contributed by atoms with E-state index in [1.54, 1.807) is 17.0 Å². The second-order valence-electron chi connectivity index (χ2n) is 7.14. The van der Waals surface area contributed by atoms with E-state index in [1.807, 2.05) is 17.9 Å². The molecular formula is C19H25N3O4. The van der Waals surface area contributed by atoms with Crippen molar-refractivity contribution < 1.29 is 18.7 Å². The molecule has 0 spiro atoms. The minimum atomic E-state index is -0.0965. The van der Waals surface area contributed by atoms with E-state index >= 15 is 0 Å². The summed E-state index contributed by atoms with van der Waals surface area (Å²) in [7, 11) is 2.00. The number of carbonyl (C=O) groups is 1.